The second-order valence-electron chi connectivity index (χ2n) is 5.02. The monoisotopic (exact) mass is 280 g/mol. The van der Waals surface area contributed by atoms with Crippen molar-refractivity contribution in [3.63, 3.8) is 0 Å². The topological polar surface area (TPSA) is 59.3 Å². The Labute approximate surface area is 122 Å². The van der Waals surface area contributed by atoms with E-state index in [0.29, 0.717) is 23.7 Å². The number of carbonyl (C=O) groups excluding carboxylic acids is 1. The molecule has 0 saturated carbocycles. The van der Waals surface area contributed by atoms with E-state index in [0.717, 1.165) is 11.1 Å². The molecular weight excluding hydrogens is 264 g/mol. The van der Waals surface area contributed by atoms with E-state index in [1.165, 1.54) is 0 Å². The summed E-state index contributed by atoms with van der Waals surface area (Å²) in [4.78, 5) is 21.0. The van der Waals surface area contributed by atoms with Crippen LogP contribution in [0.5, 0.6) is 0 Å². The zero-order chi connectivity index (χ0) is 14.8. The fourth-order valence-electron chi connectivity index (χ4n) is 2.28. The number of amides is 1. The molecule has 0 aliphatic carbocycles. The van der Waals surface area contributed by atoms with Crippen LogP contribution in [0.1, 0.15) is 27.3 Å². The van der Waals surface area contributed by atoms with Crippen LogP contribution >= 0.6 is 0 Å². The summed E-state index contributed by atoms with van der Waals surface area (Å²) in [7, 11) is 0. The van der Waals surface area contributed by atoms with Crippen molar-refractivity contribution in [1.82, 2.24) is 19.7 Å². The summed E-state index contributed by atoms with van der Waals surface area (Å²) in [6.45, 7) is 4.25. The lowest BCUT2D eigenvalue weighted by atomic mass is 10.2. The largest absolute Gasteiger partial charge is 0.347 e. The van der Waals surface area contributed by atoms with Gasteiger partial charge in [0, 0.05) is 18.9 Å². The number of hydrogen-bond acceptors (Lipinski definition) is 3. The maximum absolute atomic E-state index is 12.4. The second-order valence-corrected chi connectivity index (χ2v) is 5.02. The number of nitrogens with zero attached hydrogens (tertiary/aromatic N) is 3. The van der Waals surface area contributed by atoms with Gasteiger partial charge in [0.25, 0.3) is 5.91 Å². The number of nitrogens with one attached hydrogen (secondary N) is 1. The molecule has 3 aromatic rings. The Morgan fingerprint density at radius 2 is 2.00 bits per heavy atom. The number of aryl methyl sites for hydroxylation is 2. The van der Waals surface area contributed by atoms with Crippen LogP contribution in [0.2, 0.25) is 0 Å². The molecule has 0 aliphatic heterocycles. The summed E-state index contributed by atoms with van der Waals surface area (Å²) in [5.41, 5.74) is 3.26. The van der Waals surface area contributed by atoms with E-state index in [1.807, 2.05) is 50.4 Å². The summed E-state index contributed by atoms with van der Waals surface area (Å²) in [5.74, 6) is 0.402. The molecule has 5 heteroatoms. The summed E-state index contributed by atoms with van der Waals surface area (Å²) in [5, 5.41) is 2.93. The second kappa shape index (κ2) is 5.36. The molecule has 0 atom stereocenters. The molecule has 0 unspecified atom stereocenters. The Balaban J connectivity index is 1.87. The third-order valence-corrected chi connectivity index (χ3v) is 3.29. The van der Waals surface area contributed by atoms with E-state index in [2.05, 4.69) is 15.3 Å². The molecule has 1 amide bonds. The number of hydrogen-bond donors (Lipinski definition) is 1. The molecule has 2 heterocycles. The van der Waals surface area contributed by atoms with Gasteiger partial charge in [-0.3, -0.25) is 9.20 Å². The normalized spacial score (nSPS) is 10.8. The fraction of sp³-hybridized carbons (Fsp3) is 0.188. The van der Waals surface area contributed by atoms with Gasteiger partial charge in [-0.1, -0.05) is 30.3 Å². The maximum atomic E-state index is 12.4. The van der Waals surface area contributed by atoms with E-state index in [1.54, 1.807) is 10.6 Å². The Morgan fingerprint density at radius 1 is 1.24 bits per heavy atom. The molecular formula is C16H16N4O. The Kier molecular flexibility index (Phi) is 3.39. The van der Waals surface area contributed by atoms with Crippen molar-refractivity contribution in [3.8, 4) is 0 Å². The third-order valence-electron chi connectivity index (χ3n) is 3.29. The number of imidazole rings is 1. The van der Waals surface area contributed by atoms with E-state index in [4.69, 9.17) is 0 Å². The minimum absolute atomic E-state index is 0.142. The molecule has 0 fully saturated rings. The lowest BCUT2D eigenvalue weighted by molar-refractivity contribution is 0.0944. The van der Waals surface area contributed by atoms with Gasteiger partial charge >= 0.3 is 0 Å². The third kappa shape index (κ3) is 2.63. The van der Waals surface area contributed by atoms with Crippen LogP contribution in [-0.2, 0) is 6.54 Å². The first-order chi connectivity index (χ1) is 10.1. The Hall–Kier alpha value is -2.69. The van der Waals surface area contributed by atoms with Crippen LogP contribution in [0.3, 0.4) is 0 Å². The molecule has 3 rings (SSSR count). The molecule has 0 spiro atoms. The van der Waals surface area contributed by atoms with Crippen molar-refractivity contribution in [1.29, 1.82) is 0 Å². The van der Waals surface area contributed by atoms with E-state index in [9.17, 15) is 4.79 Å². The first-order valence-electron chi connectivity index (χ1n) is 6.78. The molecule has 0 radical (unpaired) electrons. The summed E-state index contributed by atoms with van der Waals surface area (Å²) in [6, 6.07) is 9.82. The van der Waals surface area contributed by atoms with E-state index < -0.39 is 0 Å². The van der Waals surface area contributed by atoms with Crippen LogP contribution in [0.25, 0.3) is 5.78 Å². The minimum atomic E-state index is -0.142. The van der Waals surface area contributed by atoms with Gasteiger partial charge in [0.15, 0.2) is 0 Å². The molecule has 21 heavy (non-hydrogen) atoms. The average molecular weight is 280 g/mol. The van der Waals surface area contributed by atoms with Gasteiger partial charge in [0.05, 0.1) is 5.69 Å². The molecule has 0 bridgehead atoms. The Bertz CT molecular complexity index is 793. The number of carbonyl (C=O) groups is 1. The van der Waals surface area contributed by atoms with Gasteiger partial charge in [0.2, 0.25) is 5.78 Å². The van der Waals surface area contributed by atoms with Crippen LogP contribution in [-0.4, -0.2) is 20.3 Å². The van der Waals surface area contributed by atoms with Crippen molar-refractivity contribution >= 4 is 11.7 Å². The highest BCUT2D eigenvalue weighted by Crippen LogP contribution is 2.11. The highest BCUT2D eigenvalue weighted by molar-refractivity contribution is 5.94. The Morgan fingerprint density at radius 3 is 2.76 bits per heavy atom. The number of fused-ring (bicyclic) bond motifs is 1. The smallest absolute Gasteiger partial charge is 0.270 e. The van der Waals surface area contributed by atoms with Crippen LogP contribution in [0.15, 0.2) is 42.7 Å². The SMILES string of the molecule is Cc1cnc2nc(C)c(C(=O)NCc3ccccc3)n2c1. The van der Waals surface area contributed by atoms with Crippen molar-refractivity contribution in [2.45, 2.75) is 20.4 Å². The minimum Gasteiger partial charge on any atom is -0.347 e. The van der Waals surface area contributed by atoms with Crippen molar-refractivity contribution in [2.24, 2.45) is 0 Å². The fourth-order valence-corrected chi connectivity index (χ4v) is 2.28. The summed E-state index contributed by atoms with van der Waals surface area (Å²) >= 11 is 0. The zero-order valence-electron chi connectivity index (χ0n) is 12.0. The van der Waals surface area contributed by atoms with Crippen molar-refractivity contribution in [2.75, 3.05) is 0 Å². The summed E-state index contributed by atoms with van der Waals surface area (Å²) in [6.07, 6.45) is 3.62. The number of aromatic nitrogens is 3. The highest BCUT2D eigenvalue weighted by atomic mass is 16.1. The highest BCUT2D eigenvalue weighted by Gasteiger charge is 2.16. The van der Waals surface area contributed by atoms with Gasteiger partial charge in [-0.25, -0.2) is 9.97 Å². The van der Waals surface area contributed by atoms with Crippen molar-refractivity contribution in [3.05, 3.63) is 65.2 Å². The standard InChI is InChI=1S/C16H16N4O/c1-11-8-18-16-19-12(2)14(20(16)10-11)15(21)17-9-13-6-4-3-5-7-13/h3-8,10H,9H2,1-2H3,(H,17,21). The average Bonchev–Trinajstić information content (AvgIpc) is 2.81. The quantitative estimate of drug-likeness (QED) is 0.800. The van der Waals surface area contributed by atoms with Crippen LogP contribution in [0, 0.1) is 13.8 Å². The van der Waals surface area contributed by atoms with Crippen LogP contribution < -0.4 is 5.32 Å². The predicted octanol–water partition coefficient (Wildman–Crippen LogP) is 2.28. The zero-order valence-corrected chi connectivity index (χ0v) is 12.0. The van der Waals surface area contributed by atoms with E-state index >= 15 is 0 Å². The molecule has 5 nitrogen and oxygen atoms in total. The molecule has 106 valence electrons. The molecule has 1 N–H and O–H groups in total. The lowest BCUT2D eigenvalue weighted by Crippen LogP contribution is -2.25. The number of rotatable bonds is 3. The van der Waals surface area contributed by atoms with Gasteiger partial charge in [-0.2, -0.15) is 0 Å². The predicted molar refractivity (Wildman–Crippen MR) is 80.1 cm³/mol. The maximum Gasteiger partial charge on any atom is 0.270 e. The molecule has 0 aliphatic rings. The molecule has 1 aromatic carbocycles. The van der Waals surface area contributed by atoms with Gasteiger partial charge < -0.3 is 5.32 Å². The number of benzene rings is 1. The van der Waals surface area contributed by atoms with Gasteiger partial charge in [-0.15, -0.1) is 0 Å². The van der Waals surface area contributed by atoms with Crippen molar-refractivity contribution < 1.29 is 4.79 Å². The van der Waals surface area contributed by atoms with Gasteiger partial charge in [-0.05, 0) is 25.0 Å². The first-order valence-corrected chi connectivity index (χ1v) is 6.78. The van der Waals surface area contributed by atoms with Gasteiger partial charge in [0.1, 0.15) is 5.69 Å². The van der Waals surface area contributed by atoms with Crippen LogP contribution in [0.4, 0.5) is 0 Å². The summed E-state index contributed by atoms with van der Waals surface area (Å²) < 4.78 is 1.74. The lowest BCUT2D eigenvalue weighted by Gasteiger charge is -2.06. The first kappa shape index (κ1) is 13.3. The molecule has 0 saturated heterocycles. The molecule has 2 aromatic heterocycles. The van der Waals surface area contributed by atoms with E-state index in [-0.39, 0.29) is 5.91 Å².